The van der Waals surface area contributed by atoms with E-state index in [-0.39, 0.29) is 6.61 Å². The second-order valence-electron chi connectivity index (χ2n) is 4.81. The van der Waals surface area contributed by atoms with Crippen LogP contribution in [0.1, 0.15) is 5.56 Å². The van der Waals surface area contributed by atoms with E-state index in [0.717, 1.165) is 15.7 Å². The molecule has 1 aromatic heterocycles. The third kappa shape index (κ3) is 3.98. The summed E-state index contributed by atoms with van der Waals surface area (Å²) in [6, 6.07) is 17.2. The van der Waals surface area contributed by atoms with E-state index in [0.29, 0.717) is 5.82 Å². The van der Waals surface area contributed by atoms with Crippen LogP contribution in [-0.4, -0.2) is 15.6 Å². The van der Waals surface area contributed by atoms with Crippen molar-refractivity contribution >= 4 is 27.8 Å². The SMILES string of the molecule is O=C(Nc1cncn1-c1ccc(Br)cc1)OCc1ccccc1. The first-order valence-corrected chi connectivity index (χ1v) is 7.77. The summed E-state index contributed by atoms with van der Waals surface area (Å²) >= 11 is 3.40. The normalized spacial score (nSPS) is 10.3. The van der Waals surface area contributed by atoms with Crippen LogP contribution >= 0.6 is 15.9 Å². The van der Waals surface area contributed by atoms with Crippen LogP contribution in [0, 0.1) is 0 Å². The number of halogens is 1. The van der Waals surface area contributed by atoms with E-state index in [9.17, 15) is 4.79 Å². The Balaban J connectivity index is 1.65. The molecular weight excluding hydrogens is 358 g/mol. The number of anilines is 1. The fraction of sp³-hybridized carbons (Fsp3) is 0.0588. The number of hydrogen-bond acceptors (Lipinski definition) is 3. The van der Waals surface area contributed by atoms with Gasteiger partial charge in [0.25, 0.3) is 0 Å². The molecule has 1 heterocycles. The van der Waals surface area contributed by atoms with Gasteiger partial charge in [-0.05, 0) is 29.8 Å². The minimum atomic E-state index is -0.521. The fourth-order valence-electron chi connectivity index (χ4n) is 2.06. The fourth-order valence-corrected chi connectivity index (χ4v) is 2.32. The first-order valence-electron chi connectivity index (χ1n) is 6.98. The molecule has 0 spiro atoms. The number of carbonyl (C=O) groups is 1. The van der Waals surface area contributed by atoms with Crippen molar-refractivity contribution in [3.8, 4) is 5.69 Å². The molecule has 0 aliphatic rings. The quantitative estimate of drug-likeness (QED) is 0.739. The summed E-state index contributed by atoms with van der Waals surface area (Å²) in [5, 5.41) is 2.70. The van der Waals surface area contributed by atoms with Crippen molar-refractivity contribution in [2.45, 2.75) is 6.61 Å². The lowest BCUT2D eigenvalue weighted by Gasteiger charge is -2.10. The minimum absolute atomic E-state index is 0.221. The predicted octanol–water partition coefficient (Wildman–Crippen LogP) is 4.38. The molecule has 0 bridgehead atoms. The van der Waals surface area contributed by atoms with Crippen LogP contribution in [0.4, 0.5) is 10.6 Å². The lowest BCUT2D eigenvalue weighted by molar-refractivity contribution is 0.155. The first-order chi connectivity index (χ1) is 11.2. The number of nitrogens with one attached hydrogen (secondary N) is 1. The summed E-state index contributed by atoms with van der Waals surface area (Å²) in [6.45, 7) is 0.221. The summed E-state index contributed by atoms with van der Waals surface area (Å²) in [6.07, 6.45) is 2.69. The van der Waals surface area contributed by atoms with Crippen LogP contribution in [-0.2, 0) is 11.3 Å². The summed E-state index contributed by atoms with van der Waals surface area (Å²) in [5.41, 5.74) is 1.83. The van der Waals surface area contributed by atoms with Gasteiger partial charge in [0, 0.05) is 10.2 Å². The Morgan fingerprint density at radius 2 is 1.87 bits per heavy atom. The number of benzene rings is 2. The van der Waals surface area contributed by atoms with Crippen molar-refractivity contribution in [2.75, 3.05) is 5.32 Å². The largest absolute Gasteiger partial charge is 0.444 e. The van der Waals surface area contributed by atoms with Gasteiger partial charge in [0.2, 0.25) is 0 Å². The highest BCUT2D eigenvalue weighted by molar-refractivity contribution is 9.10. The van der Waals surface area contributed by atoms with Gasteiger partial charge in [-0.2, -0.15) is 0 Å². The molecule has 0 aliphatic heterocycles. The van der Waals surface area contributed by atoms with E-state index in [1.54, 1.807) is 17.1 Å². The molecule has 0 aliphatic carbocycles. The van der Waals surface area contributed by atoms with Crippen LogP contribution in [0.25, 0.3) is 5.69 Å². The second-order valence-corrected chi connectivity index (χ2v) is 5.73. The van der Waals surface area contributed by atoms with E-state index >= 15 is 0 Å². The Kier molecular flexibility index (Phi) is 4.73. The lowest BCUT2D eigenvalue weighted by atomic mass is 10.2. The number of rotatable bonds is 4. The smallest absolute Gasteiger partial charge is 0.413 e. The Labute approximate surface area is 142 Å². The highest BCUT2D eigenvalue weighted by Gasteiger charge is 2.09. The molecular formula is C17H14BrN3O2. The molecule has 1 N–H and O–H groups in total. The molecule has 116 valence electrons. The molecule has 0 fully saturated rings. The third-order valence-electron chi connectivity index (χ3n) is 3.19. The Morgan fingerprint density at radius 1 is 1.13 bits per heavy atom. The molecule has 23 heavy (non-hydrogen) atoms. The number of imidazole rings is 1. The van der Waals surface area contributed by atoms with Crippen molar-refractivity contribution in [1.82, 2.24) is 9.55 Å². The Hall–Kier alpha value is -2.60. The van der Waals surface area contributed by atoms with Crippen molar-refractivity contribution in [3.63, 3.8) is 0 Å². The van der Waals surface area contributed by atoms with Gasteiger partial charge in [0.05, 0.1) is 6.20 Å². The van der Waals surface area contributed by atoms with Crippen molar-refractivity contribution in [3.05, 3.63) is 77.2 Å². The van der Waals surface area contributed by atoms with Gasteiger partial charge in [-0.15, -0.1) is 0 Å². The highest BCUT2D eigenvalue weighted by atomic mass is 79.9. The monoisotopic (exact) mass is 371 g/mol. The Morgan fingerprint density at radius 3 is 2.61 bits per heavy atom. The van der Waals surface area contributed by atoms with Crippen LogP contribution < -0.4 is 5.32 Å². The zero-order valence-corrected chi connectivity index (χ0v) is 13.7. The number of carbonyl (C=O) groups excluding carboxylic acids is 1. The van der Waals surface area contributed by atoms with Gasteiger partial charge < -0.3 is 4.74 Å². The molecule has 0 radical (unpaired) electrons. The van der Waals surface area contributed by atoms with Gasteiger partial charge in [0.15, 0.2) is 0 Å². The molecule has 1 amide bonds. The summed E-state index contributed by atoms with van der Waals surface area (Å²) in [4.78, 5) is 16.0. The second kappa shape index (κ2) is 7.11. The zero-order chi connectivity index (χ0) is 16.1. The number of ether oxygens (including phenoxy) is 1. The number of amides is 1. The molecule has 0 saturated heterocycles. The first kappa shape index (κ1) is 15.3. The molecule has 2 aromatic carbocycles. The van der Waals surface area contributed by atoms with E-state index in [2.05, 4.69) is 26.2 Å². The molecule has 0 atom stereocenters. The lowest BCUT2D eigenvalue weighted by Crippen LogP contribution is -2.15. The minimum Gasteiger partial charge on any atom is -0.444 e. The van der Waals surface area contributed by atoms with Crippen molar-refractivity contribution < 1.29 is 9.53 Å². The average Bonchev–Trinajstić information content (AvgIpc) is 3.03. The Bertz CT molecular complexity index is 785. The van der Waals surface area contributed by atoms with E-state index < -0.39 is 6.09 Å². The van der Waals surface area contributed by atoms with Crippen molar-refractivity contribution in [1.29, 1.82) is 0 Å². The van der Waals surface area contributed by atoms with Crippen LogP contribution in [0.5, 0.6) is 0 Å². The van der Waals surface area contributed by atoms with Crippen LogP contribution in [0.15, 0.2) is 71.6 Å². The number of nitrogens with zero attached hydrogens (tertiary/aromatic N) is 2. The standard InChI is InChI=1S/C17H14BrN3O2/c18-14-6-8-15(9-7-14)21-12-19-10-16(21)20-17(22)23-11-13-4-2-1-3-5-13/h1-10,12H,11H2,(H,20,22). The zero-order valence-electron chi connectivity index (χ0n) is 12.1. The van der Waals surface area contributed by atoms with Gasteiger partial charge in [-0.1, -0.05) is 46.3 Å². The maximum Gasteiger partial charge on any atom is 0.413 e. The molecule has 3 aromatic rings. The van der Waals surface area contributed by atoms with Gasteiger partial charge in [-0.25, -0.2) is 9.78 Å². The van der Waals surface area contributed by atoms with Crippen LogP contribution in [0.2, 0.25) is 0 Å². The number of aromatic nitrogens is 2. The van der Waals surface area contributed by atoms with Crippen molar-refractivity contribution in [2.24, 2.45) is 0 Å². The van der Waals surface area contributed by atoms with Gasteiger partial charge in [-0.3, -0.25) is 9.88 Å². The van der Waals surface area contributed by atoms with Gasteiger partial charge in [0.1, 0.15) is 18.8 Å². The maximum absolute atomic E-state index is 11.9. The molecule has 0 saturated carbocycles. The van der Waals surface area contributed by atoms with Crippen LogP contribution in [0.3, 0.4) is 0 Å². The van der Waals surface area contributed by atoms with E-state index in [1.807, 2.05) is 54.6 Å². The van der Waals surface area contributed by atoms with E-state index in [4.69, 9.17) is 4.74 Å². The summed E-state index contributed by atoms with van der Waals surface area (Å²) in [5.74, 6) is 0.547. The highest BCUT2D eigenvalue weighted by Crippen LogP contribution is 2.18. The summed E-state index contributed by atoms with van der Waals surface area (Å²) in [7, 11) is 0. The third-order valence-corrected chi connectivity index (χ3v) is 3.71. The average molecular weight is 372 g/mol. The molecule has 3 rings (SSSR count). The predicted molar refractivity (Wildman–Crippen MR) is 91.5 cm³/mol. The maximum atomic E-state index is 11.9. The number of hydrogen-bond donors (Lipinski definition) is 1. The molecule has 0 unspecified atom stereocenters. The van der Waals surface area contributed by atoms with E-state index in [1.165, 1.54) is 0 Å². The topological polar surface area (TPSA) is 56.2 Å². The summed E-state index contributed by atoms with van der Waals surface area (Å²) < 4.78 is 7.97. The van der Waals surface area contributed by atoms with Gasteiger partial charge >= 0.3 is 6.09 Å². The molecule has 6 heteroatoms. The molecule has 5 nitrogen and oxygen atoms in total.